The van der Waals surface area contributed by atoms with Gasteiger partial charge in [0.2, 0.25) is 0 Å². The summed E-state index contributed by atoms with van der Waals surface area (Å²) in [5.74, 6) is 0. The van der Waals surface area contributed by atoms with Crippen LogP contribution in [0.5, 0.6) is 0 Å². The second-order valence-corrected chi connectivity index (χ2v) is 3.48. The predicted octanol–water partition coefficient (Wildman–Crippen LogP) is -1.29. The van der Waals surface area contributed by atoms with E-state index in [1.165, 1.54) is 0 Å². The topological polar surface area (TPSA) is 57.5 Å². The second kappa shape index (κ2) is 3.87. The monoisotopic (exact) mass is 178 g/mol. The van der Waals surface area contributed by atoms with Gasteiger partial charge in [0.05, 0.1) is 0 Å². The molecule has 0 heterocycles. The molecular formula is H4CaMnO3P. The van der Waals surface area contributed by atoms with Gasteiger partial charge in [-0.05, 0) is 0 Å². The molecule has 0 aliphatic rings. The third kappa shape index (κ3) is 38.7. The molecule has 2 N–H and O–H groups in total. The Hall–Kier alpha value is 1.93. The van der Waals surface area contributed by atoms with E-state index < -0.39 is 6.29 Å². The fourth-order valence-corrected chi connectivity index (χ4v) is 0. The summed E-state index contributed by atoms with van der Waals surface area (Å²) in [5, 5.41) is 0. The van der Waals surface area contributed by atoms with Crippen molar-refractivity contribution < 1.29 is 29.9 Å². The van der Waals surface area contributed by atoms with Crippen LogP contribution in [0.15, 0.2) is 0 Å². The molecule has 6 heavy (non-hydrogen) atoms. The van der Waals surface area contributed by atoms with Crippen LogP contribution >= 0.6 is 6.29 Å². The molecule has 0 radical (unpaired) electrons. The van der Waals surface area contributed by atoms with Crippen molar-refractivity contribution >= 4 is 44.0 Å². The van der Waals surface area contributed by atoms with Crippen LogP contribution in [-0.2, 0) is 20.1 Å². The molecule has 36 valence electrons. The van der Waals surface area contributed by atoms with Gasteiger partial charge in [0, 0.05) is 0 Å². The minimum absolute atomic E-state index is 0. The summed E-state index contributed by atoms with van der Waals surface area (Å²) in [6, 6.07) is 0. The van der Waals surface area contributed by atoms with E-state index in [0.29, 0.717) is 0 Å². The first-order valence-corrected chi connectivity index (χ1v) is 3.84. The number of hydrogen-bond acceptors (Lipinski definition) is 1. The maximum absolute atomic E-state index is 9.24. The quantitative estimate of drug-likeness (QED) is 0.358. The van der Waals surface area contributed by atoms with Crippen molar-refractivity contribution in [3.05, 3.63) is 0 Å². The van der Waals surface area contributed by atoms with Crippen molar-refractivity contribution in [3.8, 4) is 0 Å². The summed E-state index contributed by atoms with van der Waals surface area (Å²) >= 11 is 2.04. The Bertz CT molecular complexity index is 56.9. The van der Waals surface area contributed by atoms with Crippen LogP contribution in [0.3, 0.4) is 0 Å². The van der Waals surface area contributed by atoms with Crippen LogP contribution in [0, 0.1) is 0 Å². The van der Waals surface area contributed by atoms with Gasteiger partial charge in [0.25, 0.3) is 0 Å². The fraction of sp³-hybridized carbons (Fsp3) is 0. The zero-order chi connectivity index (χ0) is 4.50. The van der Waals surface area contributed by atoms with Crippen molar-refractivity contribution in [1.29, 1.82) is 0 Å². The maximum atomic E-state index is 9.24. The van der Waals surface area contributed by atoms with Crippen LogP contribution < -0.4 is 0 Å². The third-order valence-corrected chi connectivity index (χ3v) is 0. The first-order valence-electron chi connectivity index (χ1n) is 0.752. The van der Waals surface area contributed by atoms with E-state index in [1.807, 2.05) is 15.6 Å². The van der Waals surface area contributed by atoms with Gasteiger partial charge in [-0.3, -0.25) is 0 Å². The Morgan fingerprint density at radius 2 is 1.50 bits per heavy atom. The van der Waals surface area contributed by atoms with E-state index in [9.17, 15) is 4.57 Å². The van der Waals surface area contributed by atoms with Crippen molar-refractivity contribution in [3.63, 3.8) is 0 Å². The predicted molar refractivity (Wildman–Crippen MR) is 20.6 cm³/mol. The first-order chi connectivity index (χ1) is 2.00. The molecule has 0 aromatic carbocycles. The average Bonchev–Trinajstić information content (AvgIpc) is 0.722. The molecule has 0 aliphatic carbocycles. The van der Waals surface area contributed by atoms with Crippen LogP contribution in [0.1, 0.15) is 0 Å². The summed E-state index contributed by atoms with van der Waals surface area (Å²) in [5.41, 5.74) is 0. The standard InChI is InChI=1S/Ca.Mn.HO3P.2H/c;;1-4(2)3;;/h;;(H-,1,2,3);;/q;-1;;;/p+1. The Morgan fingerprint density at radius 3 is 1.50 bits per heavy atom. The zero-order valence-electron chi connectivity index (χ0n) is 2.13. The van der Waals surface area contributed by atoms with E-state index >= 15 is 0 Å². The van der Waals surface area contributed by atoms with Crippen molar-refractivity contribution in [2.45, 2.75) is 0 Å². The Balaban J connectivity index is 0. The normalized spacial score (nSPS) is 9.83. The summed E-state index contributed by atoms with van der Waals surface area (Å²) in [6.45, 7) is 0. The van der Waals surface area contributed by atoms with Gasteiger partial charge in [0.15, 0.2) is 0 Å². The summed E-state index contributed by atoms with van der Waals surface area (Å²) in [6.07, 6.45) is -3.83. The van der Waals surface area contributed by atoms with E-state index in [-0.39, 0.29) is 37.7 Å². The molecule has 0 aromatic heterocycles. The van der Waals surface area contributed by atoms with Gasteiger partial charge < -0.3 is 0 Å². The van der Waals surface area contributed by atoms with Gasteiger partial charge in [-0.15, -0.1) is 0 Å². The van der Waals surface area contributed by atoms with Crippen LogP contribution in [0.25, 0.3) is 0 Å². The SMILES string of the molecule is O=[P](O)(O)[Mn].[CaH2]. The molecule has 0 spiro atoms. The average molecular weight is 178 g/mol. The van der Waals surface area contributed by atoms with Crippen molar-refractivity contribution in [2.75, 3.05) is 0 Å². The summed E-state index contributed by atoms with van der Waals surface area (Å²) in [7, 11) is 0. The van der Waals surface area contributed by atoms with E-state index in [2.05, 4.69) is 0 Å². The second-order valence-electron chi connectivity index (χ2n) is 0.473. The molecule has 0 aliphatic heterocycles. The van der Waals surface area contributed by atoms with Crippen LogP contribution in [-0.4, -0.2) is 47.5 Å². The number of hydrogen-bond donors (Lipinski definition) is 2. The Morgan fingerprint density at radius 1 is 1.50 bits per heavy atom. The Labute approximate surface area is 73.1 Å². The molecule has 3 nitrogen and oxygen atoms in total. The molecule has 0 bridgehead atoms. The molecule has 0 amide bonds. The molecule has 0 atom stereocenters. The van der Waals surface area contributed by atoms with Gasteiger partial charge in [-0.25, -0.2) is 0 Å². The van der Waals surface area contributed by atoms with Crippen LogP contribution in [0.4, 0.5) is 0 Å². The van der Waals surface area contributed by atoms with Crippen LogP contribution in [0.2, 0.25) is 0 Å². The van der Waals surface area contributed by atoms with E-state index in [1.54, 1.807) is 0 Å². The number of rotatable bonds is 0. The van der Waals surface area contributed by atoms with Gasteiger partial charge in [0.1, 0.15) is 0 Å². The van der Waals surface area contributed by atoms with Crippen molar-refractivity contribution in [2.24, 2.45) is 0 Å². The molecule has 6 heteroatoms. The molecule has 0 fully saturated rings. The molecule has 0 rings (SSSR count). The molecule has 0 aromatic rings. The van der Waals surface area contributed by atoms with Gasteiger partial charge >= 0.3 is 73.9 Å². The minimum atomic E-state index is -3.83. The Kier molecular flexibility index (Phi) is 6.99. The summed E-state index contributed by atoms with van der Waals surface area (Å²) in [4.78, 5) is 15.1. The van der Waals surface area contributed by atoms with Gasteiger partial charge in [-0.2, -0.15) is 0 Å². The molecule has 0 unspecified atom stereocenters. The van der Waals surface area contributed by atoms with E-state index in [0.717, 1.165) is 0 Å². The fourth-order valence-electron chi connectivity index (χ4n) is 0. The molecule has 0 saturated carbocycles. The molecule has 0 saturated heterocycles. The first kappa shape index (κ1) is 10.8. The third-order valence-electron chi connectivity index (χ3n) is 0. The zero-order valence-corrected chi connectivity index (χ0v) is 4.20. The molecular weight excluding hydrogens is 174 g/mol. The van der Waals surface area contributed by atoms with Gasteiger partial charge in [-0.1, -0.05) is 0 Å². The summed E-state index contributed by atoms with van der Waals surface area (Å²) < 4.78 is 9.24. The van der Waals surface area contributed by atoms with Crippen molar-refractivity contribution in [1.82, 2.24) is 0 Å². The van der Waals surface area contributed by atoms with E-state index in [4.69, 9.17) is 9.79 Å².